The van der Waals surface area contributed by atoms with E-state index in [0.29, 0.717) is 11.5 Å². The molecule has 0 amide bonds. The van der Waals surface area contributed by atoms with E-state index in [1.54, 1.807) is 0 Å². The summed E-state index contributed by atoms with van der Waals surface area (Å²) in [6.45, 7) is 0.0626. The Balaban J connectivity index is 1.81. The number of rotatable bonds is 3. The Morgan fingerprint density at radius 1 is 1.16 bits per heavy atom. The first-order chi connectivity index (χ1) is 8.86. The summed E-state index contributed by atoms with van der Waals surface area (Å²) < 4.78 is 58.6. The van der Waals surface area contributed by atoms with Crippen LogP contribution in [0.3, 0.4) is 0 Å². The number of benzene rings is 1. The number of nitrogens with one attached hydrogen (secondary N) is 1. The van der Waals surface area contributed by atoms with Crippen LogP contribution in [0.2, 0.25) is 0 Å². The average molecular weight is 305 g/mol. The zero-order valence-electron chi connectivity index (χ0n) is 9.70. The number of fused-ring (bicyclic) bond motifs is 1. The molecule has 0 atom stereocenters. The van der Waals surface area contributed by atoms with Gasteiger partial charge in [0, 0.05) is 12.1 Å². The van der Waals surface area contributed by atoms with Gasteiger partial charge < -0.3 is 9.47 Å². The maximum absolute atomic E-state index is 12.0. The highest BCUT2D eigenvalue weighted by Gasteiger charge is 2.36. The smallest absolute Gasteiger partial charge is 0.241 e. The largest absolute Gasteiger partial charge is 0.454 e. The lowest BCUT2D eigenvalue weighted by atomic mass is 10.3. The van der Waals surface area contributed by atoms with Crippen LogP contribution in [0, 0.1) is 0 Å². The van der Waals surface area contributed by atoms with Gasteiger partial charge in [0.2, 0.25) is 16.8 Å². The van der Waals surface area contributed by atoms with Gasteiger partial charge in [-0.05, 0) is 12.1 Å². The molecule has 0 aliphatic carbocycles. The zero-order chi connectivity index (χ0) is 13.7. The first-order valence-corrected chi connectivity index (χ1v) is 8.79. The van der Waals surface area contributed by atoms with Crippen LogP contribution >= 0.6 is 0 Å². The quantitative estimate of drug-likeness (QED) is 0.807. The molecule has 3 rings (SSSR count). The molecule has 0 unspecified atom stereocenters. The van der Waals surface area contributed by atoms with E-state index in [-0.39, 0.29) is 23.2 Å². The second-order valence-corrected chi connectivity index (χ2v) is 8.28. The Morgan fingerprint density at radius 3 is 2.53 bits per heavy atom. The van der Waals surface area contributed by atoms with E-state index in [2.05, 4.69) is 4.72 Å². The minimum Gasteiger partial charge on any atom is -0.454 e. The molecule has 19 heavy (non-hydrogen) atoms. The molecule has 9 heteroatoms. The molecule has 0 radical (unpaired) electrons. The Bertz CT molecular complexity index is 712. The van der Waals surface area contributed by atoms with Crippen molar-refractivity contribution in [2.24, 2.45) is 0 Å². The molecular formula is C10H11NO6S2. The molecule has 0 bridgehead atoms. The van der Waals surface area contributed by atoms with Crippen molar-refractivity contribution < 1.29 is 26.3 Å². The van der Waals surface area contributed by atoms with Crippen molar-refractivity contribution >= 4 is 19.9 Å². The summed E-state index contributed by atoms with van der Waals surface area (Å²) in [6, 6.07) is 3.70. The van der Waals surface area contributed by atoms with Crippen molar-refractivity contribution in [2.45, 2.75) is 10.9 Å². The van der Waals surface area contributed by atoms with Gasteiger partial charge in [-0.1, -0.05) is 0 Å². The van der Waals surface area contributed by atoms with Crippen LogP contribution in [0.15, 0.2) is 23.1 Å². The Hall–Kier alpha value is -1.32. The minimum atomic E-state index is -3.74. The second-order valence-electron chi connectivity index (χ2n) is 4.41. The predicted molar refractivity (Wildman–Crippen MR) is 65.3 cm³/mol. The van der Waals surface area contributed by atoms with Crippen LogP contribution < -0.4 is 14.2 Å². The predicted octanol–water partition coefficient (Wildman–Crippen LogP) is -0.509. The monoisotopic (exact) mass is 305 g/mol. The third-order valence-electron chi connectivity index (χ3n) is 2.89. The molecule has 1 aromatic carbocycles. The number of hydrogen-bond donors (Lipinski definition) is 1. The normalized spacial score (nSPS) is 21.1. The van der Waals surface area contributed by atoms with Crippen LogP contribution in [-0.4, -0.2) is 41.2 Å². The molecule has 0 spiro atoms. The summed E-state index contributed by atoms with van der Waals surface area (Å²) in [5.41, 5.74) is 0. The van der Waals surface area contributed by atoms with E-state index in [9.17, 15) is 16.8 Å². The van der Waals surface area contributed by atoms with Gasteiger partial charge in [-0.25, -0.2) is 21.6 Å². The van der Waals surface area contributed by atoms with Gasteiger partial charge in [0.1, 0.15) is 0 Å². The molecule has 2 heterocycles. The van der Waals surface area contributed by atoms with Gasteiger partial charge in [0.05, 0.1) is 16.4 Å². The fourth-order valence-electron chi connectivity index (χ4n) is 1.96. The van der Waals surface area contributed by atoms with Crippen molar-refractivity contribution in [3.63, 3.8) is 0 Å². The maximum atomic E-state index is 12.0. The topological polar surface area (TPSA) is 98.8 Å². The van der Waals surface area contributed by atoms with Gasteiger partial charge in [0.25, 0.3) is 0 Å². The Labute approximate surface area is 110 Å². The SMILES string of the molecule is O=S1(=O)CC(NS(=O)(=O)c2ccc3c(c2)OCO3)C1. The van der Waals surface area contributed by atoms with E-state index >= 15 is 0 Å². The lowest BCUT2D eigenvalue weighted by Crippen LogP contribution is -2.52. The first-order valence-electron chi connectivity index (χ1n) is 5.48. The average Bonchev–Trinajstić information content (AvgIpc) is 2.72. The maximum Gasteiger partial charge on any atom is 0.241 e. The van der Waals surface area contributed by atoms with Crippen molar-refractivity contribution in [1.29, 1.82) is 0 Å². The van der Waals surface area contributed by atoms with Gasteiger partial charge in [-0.3, -0.25) is 0 Å². The summed E-state index contributed by atoms with van der Waals surface area (Å²) in [5, 5.41) is 0. The summed E-state index contributed by atoms with van der Waals surface area (Å²) in [4.78, 5) is 0.0287. The van der Waals surface area contributed by atoms with Crippen molar-refractivity contribution in [3.05, 3.63) is 18.2 Å². The lowest BCUT2D eigenvalue weighted by Gasteiger charge is -2.26. The Kier molecular flexibility index (Phi) is 2.73. The molecule has 2 aliphatic rings. The highest BCUT2D eigenvalue weighted by molar-refractivity contribution is 7.93. The number of sulfonamides is 1. The third kappa shape index (κ3) is 2.40. The molecular weight excluding hydrogens is 294 g/mol. The summed E-state index contributed by atoms with van der Waals surface area (Å²) in [7, 11) is -6.81. The van der Waals surface area contributed by atoms with E-state index < -0.39 is 25.9 Å². The molecule has 1 aromatic rings. The van der Waals surface area contributed by atoms with Gasteiger partial charge in [0.15, 0.2) is 21.3 Å². The molecule has 7 nitrogen and oxygen atoms in total. The molecule has 1 fully saturated rings. The highest BCUT2D eigenvalue weighted by Crippen LogP contribution is 2.33. The van der Waals surface area contributed by atoms with Crippen LogP contribution in [0.4, 0.5) is 0 Å². The van der Waals surface area contributed by atoms with E-state index in [1.165, 1.54) is 18.2 Å². The first kappa shape index (κ1) is 12.7. The van der Waals surface area contributed by atoms with Gasteiger partial charge in [-0.2, -0.15) is 0 Å². The fraction of sp³-hybridized carbons (Fsp3) is 0.400. The van der Waals surface area contributed by atoms with Crippen LogP contribution in [0.25, 0.3) is 0 Å². The third-order valence-corrected chi connectivity index (χ3v) is 6.23. The second kappa shape index (κ2) is 4.09. The Morgan fingerprint density at radius 2 is 1.84 bits per heavy atom. The molecule has 1 N–H and O–H groups in total. The fourth-order valence-corrected chi connectivity index (χ4v) is 4.72. The van der Waals surface area contributed by atoms with Crippen molar-refractivity contribution in [2.75, 3.05) is 18.3 Å². The standard InChI is InChI=1S/C10H11NO6S2/c12-18(13)4-7(5-18)11-19(14,15)8-1-2-9-10(3-8)17-6-16-9/h1-3,7,11H,4-6H2. The molecule has 0 saturated carbocycles. The molecule has 2 aliphatic heterocycles. The van der Waals surface area contributed by atoms with E-state index in [1.807, 2.05) is 0 Å². The van der Waals surface area contributed by atoms with Gasteiger partial charge >= 0.3 is 0 Å². The molecule has 0 aromatic heterocycles. The van der Waals surface area contributed by atoms with Gasteiger partial charge in [-0.15, -0.1) is 0 Å². The number of hydrogen-bond acceptors (Lipinski definition) is 6. The summed E-state index contributed by atoms with van der Waals surface area (Å²) >= 11 is 0. The van der Waals surface area contributed by atoms with Crippen molar-refractivity contribution in [1.82, 2.24) is 4.72 Å². The van der Waals surface area contributed by atoms with Crippen LogP contribution in [-0.2, 0) is 19.9 Å². The van der Waals surface area contributed by atoms with E-state index in [4.69, 9.17) is 9.47 Å². The summed E-state index contributed by atoms with van der Waals surface area (Å²) in [5.74, 6) is 0.544. The van der Waals surface area contributed by atoms with Crippen molar-refractivity contribution in [3.8, 4) is 11.5 Å². The number of sulfone groups is 1. The molecule has 104 valence electrons. The minimum absolute atomic E-state index is 0.0287. The summed E-state index contributed by atoms with van der Waals surface area (Å²) in [6.07, 6.45) is 0. The lowest BCUT2D eigenvalue weighted by molar-refractivity contribution is 0.174. The van der Waals surface area contributed by atoms with Crippen LogP contribution in [0.1, 0.15) is 0 Å². The van der Waals surface area contributed by atoms with E-state index in [0.717, 1.165) is 0 Å². The molecule has 1 saturated heterocycles. The zero-order valence-corrected chi connectivity index (χ0v) is 11.3. The van der Waals surface area contributed by atoms with Crippen LogP contribution in [0.5, 0.6) is 11.5 Å². The highest BCUT2D eigenvalue weighted by atomic mass is 32.2. The number of ether oxygens (including phenoxy) is 2.